The Morgan fingerprint density at radius 2 is 1.76 bits per heavy atom. The molecule has 1 aromatic rings. The van der Waals surface area contributed by atoms with Crippen molar-refractivity contribution in [2.75, 3.05) is 0 Å². The third kappa shape index (κ3) is 2.56. The van der Waals surface area contributed by atoms with Gasteiger partial charge in [-0.3, -0.25) is 14.9 Å². The Kier molecular flexibility index (Phi) is 3.63. The monoisotopic (exact) mass is 295 g/mol. The van der Waals surface area contributed by atoms with Crippen molar-refractivity contribution in [2.45, 2.75) is 38.9 Å². The lowest BCUT2D eigenvalue weighted by molar-refractivity contribution is -0.387. The van der Waals surface area contributed by atoms with Crippen molar-refractivity contribution in [3.05, 3.63) is 33.6 Å². The van der Waals surface area contributed by atoms with Crippen LogP contribution < -0.4 is 5.46 Å². The minimum absolute atomic E-state index is 0.233. The molecule has 1 saturated heterocycles. The molecule has 1 heterocycles. The molecule has 112 valence electrons. The molecule has 0 unspecified atom stereocenters. The van der Waals surface area contributed by atoms with Crippen molar-refractivity contribution in [3.8, 4) is 0 Å². The zero-order chi connectivity index (χ0) is 16.0. The van der Waals surface area contributed by atoms with Crippen molar-refractivity contribution in [3.63, 3.8) is 0 Å². The maximum Gasteiger partial charge on any atom is 0.495 e. The van der Waals surface area contributed by atoms with Gasteiger partial charge in [-0.05, 0) is 39.2 Å². The largest absolute Gasteiger partial charge is 0.495 e. The molecule has 0 spiro atoms. The number of carbonyl (C=O) groups excluding carboxylic acids is 1. The van der Waals surface area contributed by atoms with Gasteiger partial charge in [0.15, 0.2) is 6.29 Å². The Morgan fingerprint density at radius 3 is 2.19 bits per heavy atom. The Bertz CT molecular complexity index is 601. The summed E-state index contributed by atoms with van der Waals surface area (Å²) >= 11 is 0. The van der Waals surface area contributed by atoms with E-state index in [9.17, 15) is 19.3 Å². The van der Waals surface area contributed by atoms with E-state index in [0.29, 0.717) is 0 Å². The smallest absolute Gasteiger partial charge is 0.399 e. The van der Waals surface area contributed by atoms with Gasteiger partial charge >= 0.3 is 12.8 Å². The van der Waals surface area contributed by atoms with Crippen LogP contribution in [0, 0.1) is 15.9 Å². The third-order valence-electron chi connectivity index (χ3n) is 3.95. The van der Waals surface area contributed by atoms with E-state index in [4.69, 9.17) is 9.31 Å². The third-order valence-corrected chi connectivity index (χ3v) is 3.95. The van der Waals surface area contributed by atoms with Crippen LogP contribution in [0.25, 0.3) is 0 Å². The van der Waals surface area contributed by atoms with Crippen LogP contribution in [0.5, 0.6) is 0 Å². The summed E-state index contributed by atoms with van der Waals surface area (Å²) in [4.78, 5) is 20.9. The number of benzene rings is 1. The summed E-state index contributed by atoms with van der Waals surface area (Å²) in [7, 11) is -0.895. The van der Waals surface area contributed by atoms with E-state index in [1.807, 2.05) is 27.7 Å². The molecule has 1 fully saturated rings. The van der Waals surface area contributed by atoms with Crippen molar-refractivity contribution < 1.29 is 23.4 Å². The fourth-order valence-electron chi connectivity index (χ4n) is 1.99. The molecule has 0 aromatic heterocycles. The molecule has 8 heteroatoms. The molecule has 0 bridgehead atoms. The van der Waals surface area contributed by atoms with Crippen molar-refractivity contribution in [1.29, 1.82) is 0 Å². The maximum atomic E-state index is 13.7. The Hall–Kier alpha value is -1.80. The highest BCUT2D eigenvalue weighted by Gasteiger charge is 2.52. The summed E-state index contributed by atoms with van der Waals surface area (Å²) in [6, 6.07) is 2.24. The zero-order valence-corrected chi connectivity index (χ0v) is 12.2. The van der Waals surface area contributed by atoms with E-state index < -0.39 is 40.3 Å². The average molecular weight is 295 g/mol. The van der Waals surface area contributed by atoms with E-state index in [1.165, 1.54) is 6.07 Å². The van der Waals surface area contributed by atoms with Crippen LogP contribution in [0.1, 0.15) is 38.1 Å². The predicted molar refractivity (Wildman–Crippen MR) is 74.2 cm³/mol. The second kappa shape index (κ2) is 4.89. The highest BCUT2D eigenvalue weighted by atomic mass is 19.1. The lowest BCUT2D eigenvalue weighted by atomic mass is 9.78. The molecule has 2 rings (SSSR count). The minimum atomic E-state index is -1.16. The lowest BCUT2D eigenvalue weighted by Gasteiger charge is -2.32. The van der Waals surface area contributed by atoms with Gasteiger partial charge in [-0.25, -0.2) is 0 Å². The van der Waals surface area contributed by atoms with Crippen LogP contribution in [0.2, 0.25) is 0 Å². The fraction of sp³-hybridized carbons (Fsp3) is 0.462. The van der Waals surface area contributed by atoms with Crippen molar-refractivity contribution in [1.82, 2.24) is 0 Å². The highest BCUT2D eigenvalue weighted by Crippen LogP contribution is 2.36. The first kappa shape index (κ1) is 15.6. The number of aldehydes is 1. The van der Waals surface area contributed by atoms with Gasteiger partial charge in [0.1, 0.15) is 0 Å². The standard InChI is InChI=1S/C13H15BFNO5/c1-12(2)13(3,4)21-14(20-12)9-5-8(7-17)11(15)10(6-9)16(18)19/h5-7H,1-4H3. The van der Waals surface area contributed by atoms with Gasteiger partial charge in [-0.15, -0.1) is 0 Å². The summed E-state index contributed by atoms with van der Waals surface area (Å²) in [5, 5.41) is 10.9. The molecule has 0 radical (unpaired) electrons. The second-order valence-corrected chi connectivity index (χ2v) is 5.91. The Labute approximate surface area is 121 Å². The molecular formula is C13H15BFNO5. The molecule has 0 amide bonds. The summed E-state index contributed by atoms with van der Waals surface area (Å²) < 4.78 is 25.2. The lowest BCUT2D eigenvalue weighted by Crippen LogP contribution is -2.41. The second-order valence-electron chi connectivity index (χ2n) is 5.91. The number of rotatable bonds is 3. The van der Waals surface area contributed by atoms with Gasteiger partial charge in [-0.2, -0.15) is 4.39 Å². The topological polar surface area (TPSA) is 78.7 Å². The SMILES string of the molecule is CC1(C)OB(c2cc(C=O)c(F)c([N+](=O)[O-])c2)OC1(C)C. The van der Waals surface area contributed by atoms with E-state index in [-0.39, 0.29) is 11.7 Å². The summed E-state index contributed by atoms with van der Waals surface area (Å²) in [6.45, 7) is 7.30. The van der Waals surface area contributed by atoms with E-state index >= 15 is 0 Å². The highest BCUT2D eigenvalue weighted by molar-refractivity contribution is 6.62. The molecule has 1 aliphatic heterocycles. The molecule has 0 saturated carbocycles. The molecule has 1 aliphatic rings. The number of nitro groups is 1. The number of nitro benzene ring substituents is 1. The van der Waals surface area contributed by atoms with E-state index in [1.54, 1.807) is 0 Å². The first-order valence-electron chi connectivity index (χ1n) is 6.38. The normalized spacial score (nSPS) is 19.6. The minimum Gasteiger partial charge on any atom is -0.399 e. The van der Waals surface area contributed by atoms with Gasteiger partial charge in [0, 0.05) is 6.07 Å². The summed E-state index contributed by atoms with van der Waals surface area (Å²) in [5.74, 6) is -1.16. The van der Waals surface area contributed by atoms with Crippen LogP contribution in [-0.4, -0.2) is 29.5 Å². The molecular weight excluding hydrogens is 280 g/mol. The van der Waals surface area contributed by atoms with E-state index in [0.717, 1.165) is 6.07 Å². The van der Waals surface area contributed by atoms with Crippen LogP contribution in [-0.2, 0) is 9.31 Å². The number of nitrogens with zero attached hydrogens (tertiary/aromatic N) is 1. The number of carbonyl (C=O) groups is 1. The van der Waals surface area contributed by atoms with Gasteiger partial charge in [0.25, 0.3) is 0 Å². The number of hydrogen-bond acceptors (Lipinski definition) is 5. The zero-order valence-electron chi connectivity index (χ0n) is 12.2. The first-order valence-corrected chi connectivity index (χ1v) is 6.38. The van der Waals surface area contributed by atoms with Gasteiger partial charge < -0.3 is 9.31 Å². The molecule has 1 aromatic carbocycles. The predicted octanol–water partition coefficient (Wildman–Crippen LogP) is 1.85. The van der Waals surface area contributed by atoms with E-state index in [2.05, 4.69) is 0 Å². The Morgan fingerprint density at radius 1 is 1.24 bits per heavy atom. The molecule has 0 aliphatic carbocycles. The number of hydrogen-bond donors (Lipinski definition) is 0. The van der Waals surface area contributed by atoms with Crippen LogP contribution >= 0.6 is 0 Å². The summed E-state index contributed by atoms with van der Waals surface area (Å²) in [5.41, 5.74) is -2.20. The van der Waals surface area contributed by atoms with Crippen LogP contribution in [0.15, 0.2) is 12.1 Å². The number of halogens is 1. The first-order chi connectivity index (χ1) is 9.59. The molecule has 6 nitrogen and oxygen atoms in total. The van der Waals surface area contributed by atoms with Gasteiger partial charge in [0.2, 0.25) is 5.82 Å². The molecule has 0 atom stereocenters. The average Bonchev–Trinajstić information content (AvgIpc) is 2.58. The summed E-state index contributed by atoms with van der Waals surface area (Å²) in [6.07, 6.45) is 0.233. The fourth-order valence-corrected chi connectivity index (χ4v) is 1.99. The quantitative estimate of drug-likeness (QED) is 0.368. The van der Waals surface area contributed by atoms with Crippen LogP contribution in [0.4, 0.5) is 10.1 Å². The van der Waals surface area contributed by atoms with Crippen LogP contribution in [0.3, 0.4) is 0 Å². The molecule has 21 heavy (non-hydrogen) atoms. The van der Waals surface area contributed by atoms with Gasteiger partial charge in [-0.1, -0.05) is 0 Å². The Balaban J connectivity index is 2.49. The van der Waals surface area contributed by atoms with Crippen molar-refractivity contribution in [2.24, 2.45) is 0 Å². The molecule has 0 N–H and O–H groups in total. The van der Waals surface area contributed by atoms with Crippen molar-refractivity contribution >= 4 is 24.6 Å². The van der Waals surface area contributed by atoms with Gasteiger partial charge in [0.05, 0.1) is 21.7 Å². The maximum absolute atomic E-state index is 13.7.